The summed E-state index contributed by atoms with van der Waals surface area (Å²) < 4.78 is 5.97. The Labute approximate surface area is 111 Å². The zero-order valence-corrected chi connectivity index (χ0v) is 11.2. The Morgan fingerprint density at radius 3 is 3.17 bits per heavy atom. The van der Waals surface area contributed by atoms with Gasteiger partial charge in [0.25, 0.3) is 0 Å². The van der Waals surface area contributed by atoms with Gasteiger partial charge in [0.2, 0.25) is 0 Å². The second-order valence-electron chi connectivity index (χ2n) is 4.31. The number of hydrogen-bond acceptors (Lipinski definition) is 3. The van der Waals surface area contributed by atoms with E-state index in [0.29, 0.717) is 0 Å². The van der Waals surface area contributed by atoms with Crippen LogP contribution in [0.4, 0.5) is 0 Å². The van der Waals surface area contributed by atoms with Crippen LogP contribution in [-0.2, 0) is 12.8 Å². The van der Waals surface area contributed by atoms with Gasteiger partial charge in [-0.15, -0.1) is 11.8 Å². The van der Waals surface area contributed by atoms with Gasteiger partial charge in [0.15, 0.2) is 0 Å². The van der Waals surface area contributed by atoms with E-state index in [4.69, 9.17) is 4.74 Å². The summed E-state index contributed by atoms with van der Waals surface area (Å²) in [6, 6.07) is 8.31. The smallest absolute Gasteiger partial charge is 0.133 e. The SMILES string of the molecule is CCc1cnccc1Oc1ccc2c(c1)SCC2. The lowest BCUT2D eigenvalue weighted by Gasteiger charge is -2.10. The van der Waals surface area contributed by atoms with Crippen molar-refractivity contribution in [2.24, 2.45) is 0 Å². The number of hydrogen-bond donors (Lipinski definition) is 0. The summed E-state index contributed by atoms with van der Waals surface area (Å²) in [7, 11) is 0. The molecule has 2 heterocycles. The summed E-state index contributed by atoms with van der Waals surface area (Å²) in [5, 5.41) is 0. The van der Waals surface area contributed by atoms with E-state index < -0.39 is 0 Å². The Hall–Kier alpha value is -1.48. The largest absolute Gasteiger partial charge is 0.457 e. The number of benzene rings is 1. The summed E-state index contributed by atoms with van der Waals surface area (Å²) in [4.78, 5) is 5.49. The highest BCUT2D eigenvalue weighted by Gasteiger charge is 2.12. The number of ether oxygens (including phenoxy) is 1. The highest BCUT2D eigenvalue weighted by Crippen LogP contribution is 2.35. The average molecular weight is 257 g/mol. The maximum Gasteiger partial charge on any atom is 0.133 e. The molecule has 0 fully saturated rings. The third-order valence-corrected chi connectivity index (χ3v) is 4.23. The van der Waals surface area contributed by atoms with Gasteiger partial charge in [0.1, 0.15) is 11.5 Å². The van der Waals surface area contributed by atoms with E-state index in [-0.39, 0.29) is 0 Å². The van der Waals surface area contributed by atoms with E-state index >= 15 is 0 Å². The van der Waals surface area contributed by atoms with Gasteiger partial charge in [-0.3, -0.25) is 4.98 Å². The summed E-state index contributed by atoms with van der Waals surface area (Å²) in [5.41, 5.74) is 2.59. The maximum atomic E-state index is 5.97. The molecule has 0 saturated heterocycles. The van der Waals surface area contributed by atoms with E-state index in [1.54, 1.807) is 6.20 Å². The first-order chi connectivity index (χ1) is 8.86. The summed E-state index contributed by atoms with van der Waals surface area (Å²) in [6.45, 7) is 2.11. The Morgan fingerprint density at radius 2 is 2.28 bits per heavy atom. The van der Waals surface area contributed by atoms with E-state index in [9.17, 15) is 0 Å². The maximum absolute atomic E-state index is 5.97. The van der Waals surface area contributed by atoms with Crippen molar-refractivity contribution in [1.29, 1.82) is 0 Å². The summed E-state index contributed by atoms with van der Waals surface area (Å²) >= 11 is 1.91. The number of nitrogens with zero attached hydrogens (tertiary/aromatic N) is 1. The van der Waals surface area contributed by atoms with Gasteiger partial charge in [0.05, 0.1) is 0 Å². The number of thioether (sulfide) groups is 1. The van der Waals surface area contributed by atoms with Crippen LogP contribution in [0.3, 0.4) is 0 Å². The quantitative estimate of drug-likeness (QED) is 0.827. The van der Waals surface area contributed by atoms with Crippen molar-refractivity contribution in [3.8, 4) is 11.5 Å². The molecular formula is C15H15NOS. The van der Waals surface area contributed by atoms with Crippen LogP contribution in [0.25, 0.3) is 0 Å². The minimum atomic E-state index is 0.912. The number of fused-ring (bicyclic) bond motifs is 1. The molecule has 2 nitrogen and oxygen atoms in total. The number of aryl methyl sites for hydroxylation is 2. The van der Waals surface area contributed by atoms with E-state index in [2.05, 4.69) is 30.1 Å². The van der Waals surface area contributed by atoms with Crippen LogP contribution in [-0.4, -0.2) is 10.7 Å². The number of pyridine rings is 1. The fourth-order valence-electron chi connectivity index (χ4n) is 2.12. The van der Waals surface area contributed by atoms with Crippen molar-refractivity contribution >= 4 is 11.8 Å². The van der Waals surface area contributed by atoms with Crippen molar-refractivity contribution in [3.63, 3.8) is 0 Å². The van der Waals surface area contributed by atoms with E-state index in [1.165, 1.54) is 22.6 Å². The van der Waals surface area contributed by atoms with Crippen molar-refractivity contribution in [2.75, 3.05) is 5.75 Å². The molecule has 1 aliphatic rings. The summed E-state index contributed by atoms with van der Waals surface area (Å²) in [6.07, 6.45) is 5.76. The van der Waals surface area contributed by atoms with Gasteiger partial charge in [-0.05, 0) is 36.6 Å². The molecule has 92 valence electrons. The second-order valence-corrected chi connectivity index (χ2v) is 5.44. The Balaban J connectivity index is 1.88. The molecule has 0 spiro atoms. The lowest BCUT2D eigenvalue weighted by Crippen LogP contribution is -1.92. The third-order valence-electron chi connectivity index (χ3n) is 3.14. The average Bonchev–Trinajstić information content (AvgIpc) is 2.87. The first-order valence-electron chi connectivity index (χ1n) is 6.23. The molecule has 3 rings (SSSR count). The molecule has 2 aromatic rings. The van der Waals surface area contributed by atoms with Crippen molar-refractivity contribution in [1.82, 2.24) is 4.98 Å². The van der Waals surface area contributed by atoms with Gasteiger partial charge >= 0.3 is 0 Å². The molecule has 3 heteroatoms. The molecule has 0 saturated carbocycles. The zero-order chi connectivity index (χ0) is 12.4. The second kappa shape index (κ2) is 5.02. The number of aromatic nitrogens is 1. The zero-order valence-electron chi connectivity index (χ0n) is 10.3. The van der Waals surface area contributed by atoms with Gasteiger partial charge in [0, 0.05) is 28.6 Å². The van der Waals surface area contributed by atoms with Crippen molar-refractivity contribution in [3.05, 3.63) is 47.8 Å². The first-order valence-corrected chi connectivity index (χ1v) is 7.22. The molecule has 0 unspecified atom stereocenters. The highest BCUT2D eigenvalue weighted by molar-refractivity contribution is 7.99. The van der Waals surface area contributed by atoms with Gasteiger partial charge < -0.3 is 4.74 Å². The fourth-order valence-corrected chi connectivity index (χ4v) is 3.21. The Kier molecular flexibility index (Phi) is 3.24. The van der Waals surface area contributed by atoms with Gasteiger partial charge in [-0.1, -0.05) is 13.0 Å². The predicted octanol–water partition coefficient (Wildman–Crippen LogP) is 4.08. The molecule has 0 radical (unpaired) electrons. The van der Waals surface area contributed by atoms with Gasteiger partial charge in [-0.25, -0.2) is 0 Å². The van der Waals surface area contributed by atoms with Crippen LogP contribution in [0.5, 0.6) is 11.5 Å². The lowest BCUT2D eigenvalue weighted by molar-refractivity contribution is 0.474. The third kappa shape index (κ3) is 2.23. The van der Waals surface area contributed by atoms with Crippen LogP contribution >= 0.6 is 11.8 Å². The van der Waals surface area contributed by atoms with Crippen LogP contribution in [0.15, 0.2) is 41.6 Å². The fraction of sp³-hybridized carbons (Fsp3) is 0.267. The predicted molar refractivity (Wildman–Crippen MR) is 74.6 cm³/mol. The molecule has 1 aromatic carbocycles. The lowest BCUT2D eigenvalue weighted by atomic mass is 10.1. The number of rotatable bonds is 3. The van der Waals surface area contributed by atoms with Crippen LogP contribution in [0, 0.1) is 0 Å². The standard InChI is InChI=1S/C15H15NOS/c1-2-11-10-16-7-5-14(11)17-13-4-3-12-6-8-18-15(12)9-13/h3-5,7,9-10H,2,6,8H2,1H3. The molecule has 1 aliphatic heterocycles. The molecular weight excluding hydrogens is 242 g/mol. The van der Waals surface area contributed by atoms with Crippen LogP contribution in [0.1, 0.15) is 18.1 Å². The van der Waals surface area contributed by atoms with E-state index in [1.807, 2.05) is 24.0 Å². The molecule has 18 heavy (non-hydrogen) atoms. The minimum absolute atomic E-state index is 0.912. The topological polar surface area (TPSA) is 22.1 Å². The normalized spacial score (nSPS) is 13.4. The molecule has 0 atom stereocenters. The monoisotopic (exact) mass is 257 g/mol. The molecule has 0 aliphatic carbocycles. The van der Waals surface area contributed by atoms with Crippen molar-refractivity contribution in [2.45, 2.75) is 24.7 Å². The molecule has 1 aromatic heterocycles. The van der Waals surface area contributed by atoms with Gasteiger partial charge in [-0.2, -0.15) is 0 Å². The Morgan fingerprint density at radius 1 is 1.33 bits per heavy atom. The molecule has 0 amide bonds. The summed E-state index contributed by atoms with van der Waals surface area (Å²) in [5.74, 6) is 3.02. The molecule has 0 N–H and O–H groups in total. The Bertz CT molecular complexity index is 568. The molecule has 0 bridgehead atoms. The minimum Gasteiger partial charge on any atom is -0.457 e. The first kappa shape index (κ1) is 11.6. The van der Waals surface area contributed by atoms with Crippen molar-refractivity contribution < 1.29 is 4.74 Å². The highest BCUT2D eigenvalue weighted by atomic mass is 32.2. The van der Waals surface area contributed by atoms with Crippen LogP contribution < -0.4 is 4.74 Å². The van der Waals surface area contributed by atoms with Crippen LogP contribution in [0.2, 0.25) is 0 Å². The van der Waals surface area contributed by atoms with E-state index in [0.717, 1.165) is 23.5 Å².